The Hall–Kier alpha value is -4.17. The molecule has 4 aromatic rings. The topological polar surface area (TPSA) is 67.9 Å². The summed E-state index contributed by atoms with van der Waals surface area (Å²) in [6, 6.07) is 25.5. The number of hydrogen-bond donors (Lipinski definition) is 0. The molecule has 0 unspecified atom stereocenters. The lowest BCUT2D eigenvalue weighted by Crippen LogP contribution is -2.29. The van der Waals surface area contributed by atoms with E-state index in [2.05, 4.69) is 13.0 Å². The Morgan fingerprint density at radius 3 is 2.26 bits per heavy atom. The van der Waals surface area contributed by atoms with E-state index in [9.17, 15) is 10.1 Å². The number of benzene rings is 3. The highest BCUT2D eigenvalue weighted by atomic mass is 16.5. The molecule has 0 aliphatic rings. The number of methoxy groups -OCH3 is 1. The molecule has 0 aliphatic heterocycles. The molecule has 1 aromatic heterocycles. The second-order valence-electron chi connectivity index (χ2n) is 8.43. The SMILES string of the molecule is CCCc1nc(CC)c(-c2ccc(OC)cc2)c(=O)n1Cc1ccc(-c2ccccc2C#N)cc1. The first-order valence-electron chi connectivity index (χ1n) is 11.9. The highest BCUT2D eigenvalue weighted by molar-refractivity contribution is 5.70. The normalized spacial score (nSPS) is 10.7. The van der Waals surface area contributed by atoms with Gasteiger partial charge in [0.15, 0.2) is 0 Å². The van der Waals surface area contributed by atoms with Gasteiger partial charge in [0, 0.05) is 6.42 Å². The molecule has 0 atom stereocenters. The predicted molar refractivity (Wildman–Crippen MR) is 140 cm³/mol. The van der Waals surface area contributed by atoms with Crippen molar-refractivity contribution in [1.29, 1.82) is 5.26 Å². The zero-order valence-electron chi connectivity index (χ0n) is 20.4. The molecule has 4 rings (SSSR count). The molecule has 0 N–H and O–H groups in total. The highest BCUT2D eigenvalue weighted by Gasteiger charge is 2.17. The number of rotatable bonds is 8. The standard InChI is InChI=1S/C30H29N3O2/c1-4-8-28-32-27(5-2)29(23-15-17-25(35-3)18-16-23)30(34)33(28)20-21-11-13-22(14-12-21)26-10-7-6-9-24(26)19-31/h6-7,9-18H,4-5,8,20H2,1-3H3. The third-order valence-electron chi connectivity index (χ3n) is 6.16. The summed E-state index contributed by atoms with van der Waals surface area (Å²) in [6.45, 7) is 4.57. The summed E-state index contributed by atoms with van der Waals surface area (Å²) in [5.41, 5.74) is 5.83. The number of ether oxygens (including phenoxy) is 1. The van der Waals surface area contributed by atoms with Gasteiger partial charge < -0.3 is 4.74 Å². The average Bonchev–Trinajstić information content (AvgIpc) is 2.91. The Kier molecular flexibility index (Phi) is 7.42. The minimum Gasteiger partial charge on any atom is -0.497 e. The van der Waals surface area contributed by atoms with Gasteiger partial charge in [-0.05, 0) is 53.3 Å². The second kappa shape index (κ2) is 10.8. The molecule has 0 spiro atoms. The molecule has 0 amide bonds. The van der Waals surface area contributed by atoms with Gasteiger partial charge in [0.25, 0.3) is 5.56 Å². The van der Waals surface area contributed by atoms with Crippen molar-refractivity contribution in [2.45, 2.75) is 39.7 Å². The summed E-state index contributed by atoms with van der Waals surface area (Å²) in [5, 5.41) is 9.43. The lowest BCUT2D eigenvalue weighted by atomic mass is 9.99. The van der Waals surface area contributed by atoms with Gasteiger partial charge in [-0.3, -0.25) is 9.36 Å². The van der Waals surface area contributed by atoms with Gasteiger partial charge in [0.05, 0.1) is 36.5 Å². The lowest BCUT2D eigenvalue weighted by molar-refractivity contribution is 0.415. The molecule has 0 saturated carbocycles. The number of aromatic nitrogens is 2. The summed E-state index contributed by atoms with van der Waals surface area (Å²) >= 11 is 0. The monoisotopic (exact) mass is 463 g/mol. The molecule has 0 bridgehead atoms. The van der Waals surface area contributed by atoms with Crippen molar-refractivity contribution in [1.82, 2.24) is 9.55 Å². The fraction of sp³-hybridized carbons (Fsp3) is 0.233. The van der Waals surface area contributed by atoms with Crippen molar-refractivity contribution in [2.24, 2.45) is 0 Å². The Morgan fingerprint density at radius 2 is 1.63 bits per heavy atom. The van der Waals surface area contributed by atoms with Crippen LogP contribution in [-0.4, -0.2) is 16.7 Å². The maximum Gasteiger partial charge on any atom is 0.261 e. The van der Waals surface area contributed by atoms with Crippen molar-refractivity contribution in [3.8, 4) is 34.1 Å². The molecular formula is C30H29N3O2. The number of aryl methyl sites for hydroxylation is 2. The molecule has 0 aliphatic carbocycles. The van der Waals surface area contributed by atoms with Crippen LogP contribution in [0.1, 0.15) is 42.9 Å². The molecule has 1 heterocycles. The van der Waals surface area contributed by atoms with E-state index in [1.807, 2.05) is 79.7 Å². The Morgan fingerprint density at radius 1 is 0.943 bits per heavy atom. The first-order valence-corrected chi connectivity index (χ1v) is 11.9. The van der Waals surface area contributed by atoms with E-state index in [0.29, 0.717) is 24.1 Å². The van der Waals surface area contributed by atoms with E-state index in [1.54, 1.807) is 11.7 Å². The van der Waals surface area contributed by atoms with Crippen LogP contribution in [0.2, 0.25) is 0 Å². The van der Waals surface area contributed by atoms with Crippen LogP contribution in [0, 0.1) is 11.3 Å². The third-order valence-corrected chi connectivity index (χ3v) is 6.16. The molecule has 0 saturated heterocycles. The van der Waals surface area contributed by atoms with Gasteiger partial charge in [-0.25, -0.2) is 4.98 Å². The summed E-state index contributed by atoms with van der Waals surface area (Å²) in [6.07, 6.45) is 2.32. The number of nitrogens with zero attached hydrogens (tertiary/aromatic N) is 3. The molecule has 0 fully saturated rings. The third kappa shape index (κ3) is 5.02. The summed E-state index contributed by atoms with van der Waals surface area (Å²) in [7, 11) is 1.63. The molecule has 176 valence electrons. The number of nitriles is 1. The minimum atomic E-state index is -0.0237. The van der Waals surface area contributed by atoms with E-state index in [4.69, 9.17) is 9.72 Å². The van der Waals surface area contributed by atoms with Gasteiger partial charge >= 0.3 is 0 Å². The van der Waals surface area contributed by atoms with E-state index in [1.165, 1.54) is 0 Å². The number of hydrogen-bond acceptors (Lipinski definition) is 4. The zero-order chi connectivity index (χ0) is 24.8. The molecule has 0 radical (unpaired) electrons. The van der Waals surface area contributed by atoms with Crippen LogP contribution in [0.4, 0.5) is 0 Å². The quantitative estimate of drug-likeness (QED) is 0.320. The molecular weight excluding hydrogens is 434 g/mol. The van der Waals surface area contributed by atoms with Gasteiger partial charge in [0.1, 0.15) is 11.6 Å². The van der Waals surface area contributed by atoms with Gasteiger partial charge in [-0.2, -0.15) is 5.26 Å². The fourth-order valence-corrected chi connectivity index (χ4v) is 4.33. The van der Waals surface area contributed by atoms with Crippen LogP contribution in [0.5, 0.6) is 5.75 Å². The smallest absolute Gasteiger partial charge is 0.261 e. The van der Waals surface area contributed by atoms with Gasteiger partial charge in [-0.15, -0.1) is 0 Å². The molecule has 5 nitrogen and oxygen atoms in total. The summed E-state index contributed by atoms with van der Waals surface area (Å²) in [4.78, 5) is 18.8. The van der Waals surface area contributed by atoms with Crippen LogP contribution in [-0.2, 0) is 19.4 Å². The van der Waals surface area contributed by atoms with E-state index >= 15 is 0 Å². The summed E-state index contributed by atoms with van der Waals surface area (Å²) < 4.78 is 7.09. The average molecular weight is 464 g/mol. The van der Waals surface area contributed by atoms with E-state index in [0.717, 1.165) is 52.4 Å². The van der Waals surface area contributed by atoms with Crippen LogP contribution in [0.25, 0.3) is 22.3 Å². The van der Waals surface area contributed by atoms with E-state index < -0.39 is 0 Å². The van der Waals surface area contributed by atoms with Crippen molar-refractivity contribution < 1.29 is 4.74 Å². The Bertz CT molecular complexity index is 1410. The van der Waals surface area contributed by atoms with Crippen LogP contribution in [0.15, 0.2) is 77.6 Å². The second-order valence-corrected chi connectivity index (χ2v) is 8.43. The maximum absolute atomic E-state index is 13.8. The predicted octanol–water partition coefficient (Wildman–Crippen LogP) is 6.02. The van der Waals surface area contributed by atoms with Gasteiger partial charge in [-0.1, -0.05) is 68.4 Å². The fourth-order valence-electron chi connectivity index (χ4n) is 4.33. The molecule has 5 heteroatoms. The lowest BCUT2D eigenvalue weighted by Gasteiger charge is -2.17. The highest BCUT2D eigenvalue weighted by Crippen LogP contribution is 2.25. The Balaban J connectivity index is 1.76. The zero-order valence-corrected chi connectivity index (χ0v) is 20.4. The van der Waals surface area contributed by atoms with Crippen LogP contribution >= 0.6 is 0 Å². The van der Waals surface area contributed by atoms with Crippen LogP contribution < -0.4 is 10.3 Å². The van der Waals surface area contributed by atoms with Gasteiger partial charge in [0.2, 0.25) is 0 Å². The largest absolute Gasteiger partial charge is 0.497 e. The van der Waals surface area contributed by atoms with Crippen LogP contribution in [0.3, 0.4) is 0 Å². The first kappa shape index (κ1) is 24.0. The summed E-state index contributed by atoms with van der Waals surface area (Å²) in [5.74, 6) is 1.56. The minimum absolute atomic E-state index is 0.0237. The van der Waals surface area contributed by atoms with E-state index in [-0.39, 0.29) is 5.56 Å². The van der Waals surface area contributed by atoms with Crippen molar-refractivity contribution in [3.05, 3.63) is 106 Å². The Labute approximate surface area is 206 Å². The van der Waals surface area contributed by atoms with Crippen molar-refractivity contribution in [2.75, 3.05) is 7.11 Å². The van der Waals surface area contributed by atoms with Crippen molar-refractivity contribution >= 4 is 0 Å². The maximum atomic E-state index is 13.8. The first-order chi connectivity index (χ1) is 17.1. The molecule has 35 heavy (non-hydrogen) atoms. The molecule has 3 aromatic carbocycles. The van der Waals surface area contributed by atoms with Crippen molar-refractivity contribution in [3.63, 3.8) is 0 Å².